The van der Waals surface area contributed by atoms with Gasteiger partial charge in [0.1, 0.15) is 56.8 Å². The second-order valence-corrected chi connectivity index (χ2v) is 16.1. The van der Waals surface area contributed by atoms with Crippen molar-refractivity contribution >= 4 is 23.4 Å². The number of nitrogens with two attached hydrogens (primary N) is 1. The summed E-state index contributed by atoms with van der Waals surface area (Å²) in [5.74, 6) is -2.09. The molecule has 1 amide bonds. The van der Waals surface area contributed by atoms with Gasteiger partial charge in [0.15, 0.2) is 0 Å². The van der Waals surface area contributed by atoms with E-state index in [0.717, 1.165) is 66.5 Å². The van der Waals surface area contributed by atoms with Crippen molar-refractivity contribution in [2.24, 2.45) is 17.6 Å². The lowest BCUT2D eigenvalue weighted by Crippen LogP contribution is -2.75. The van der Waals surface area contributed by atoms with Crippen molar-refractivity contribution in [3.05, 3.63) is 70.4 Å². The number of carboxylic acid groups (broad SMARTS) is 1. The van der Waals surface area contributed by atoms with Crippen LogP contribution in [0.5, 0.6) is 5.75 Å². The summed E-state index contributed by atoms with van der Waals surface area (Å²) in [5.41, 5.74) is 12.2. The van der Waals surface area contributed by atoms with E-state index in [1.54, 1.807) is 13.0 Å². The monoisotopic (exact) mass is 712 g/mol. The molecule has 52 heavy (non-hydrogen) atoms. The van der Waals surface area contributed by atoms with E-state index < -0.39 is 30.1 Å². The highest BCUT2D eigenvalue weighted by molar-refractivity contribution is 6.08. The zero-order valence-corrected chi connectivity index (χ0v) is 30.4. The van der Waals surface area contributed by atoms with Gasteiger partial charge in [-0.2, -0.15) is 0 Å². The molecule has 2 aromatic rings. The second-order valence-electron chi connectivity index (χ2n) is 16.1. The molecule has 0 aromatic heterocycles. The predicted octanol–water partition coefficient (Wildman–Crippen LogP) is 3.32. The van der Waals surface area contributed by atoms with Gasteiger partial charge in [-0.1, -0.05) is 30.3 Å². The maximum absolute atomic E-state index is 13.1. The number of hydrogen-bond acceptors (Lipinski definition) is 7. The Morgan fingerprint density at radius 2 is 1.71 bits per heavy atom. The number of nitrogens with zero attached hydrogens (tertiary/aromatic N) is 3. The molecule has 11 nitrogen and oxygen atoms in total. The summed E-state index contributed by atoms with van der Waals surface area (Å²) in [6, 6.07) is 12.0. The average molecular weight is 713 g/mol. The zero-order valence-electron chi connectivity index (χ0n) is 30.4. The van der Waals surface area contributed by atoms with E-state index in [9.17, 15) is 24.6 Å². The van der Waals surface area contributed by atoms with E-state index in [-0.39, 0.29) is 23.6 Å². The summed E-state index contributed by atoms with van der Waals surface area (Å²) >= 11 is 0. The van der Waals surface area contributed by atoms with Crippen LogP contribution in [-0.2, 0) is 25.5 Å². The third kappa shape index (κ3) is 5.68. The average Bonchev–Trinajstić information content (AvgIpc) is 3.62. The van der Waals surface area contributed by atoms with Gasteiger partial charge in [-0.25, -0.2) is 9.59 Å². The number of methoxy groups -OCH3 is 1. The topological polar surface area (TPSA) is 139 Å². The van der Waals surface area contributed by atoms with Crippen LogP contribution in [0.3, 0.4) is 0 Å². The Balaban J connectivity index is 1.06. The van der Waals surface area contributed by atoms with Gasteiger partial charge in [0.05, 0.1) is 38.3 Å². The number of fused-ring (bicyclic) bond motifs is 9. The quantitative estimate of drug-likeness (QED) is 0.113. The van der Waals surface area contributed by atoms with Gasteiger partial charge in [0.25, 0.3) is 0 Å². The third-order valence-corrected chi connectivity index (χ3v) is 13.3. The molecular formula is C41H52N4O7+2. The van der Waals surface area contributed by atoms with Crippen LogP contribution in [0.2, 0.25) is 0 Å². The number of aliphatic carboxylic acids is 1. The first-order chi connectivity index (χ1) is 25.1. The Kier molecular flexibility index (Phi) is 9.05. The van der Waals surface area contributed by atoms with Crippen molar-refractivity contribution in [3.63, 3.8) is 0 Å². The fourth-order valence-electron chi connectivity index (χ4n) is 10.6. The molecule has 2 bridgehead atoms. The number of rotatable bonds is 12. The van der Waals surface area contributed by atoms with Crippen LogP contribution in [0.4, 0.5) is 0 Å². The first kappa shape index (κ1) is 35.0. The lowest BCUT2D eigenvalue weighted by atomic mass is 9.71. The number of carbonyl (C=O) groups excluding carboxylic acids is 2. The van der Waals surface area contributed by atoms with Gasteiger partial charge in [-0.3, -0.25) is 4.79 Å². The molecule has 2 aromatic carbocycles. The molecule has 0 spiro atoms. The van der Waals surface area contributed by atoms with Crippen molar-refractivity contribution in [2.45, 2.75) is 63.7 Å². The van der Waals surface area contributed by atoms with Crippen LogP contribution >= 0.6 is 0 Å². The van der Waals surface area contributed by atoms with Gasteiger partial charge >= 0.3 is 11.9 Å². The molecule has 5 heterocycles. The molecule has 4 N–H and O–H groups in total. The number of amides is 1. The predicted molar refractivity (Wildman–Crippen MR) is 195 cm³/mol. The maximum atomic E-state index is 13.1. The minimum absolute atomic E-state index is 0.00935. The smallest absolute Gasteiger partial charge is 0.352 e. The molecule has 5 aliphatic heterocycles. The van der Waals surface area contributed by atoms with Gasteiger partial charge in [0.2, 0.25) is 5.91 Å². The molecule has 4 saturated heterocycles. The number of β-lactam (4-membered cyclic amide) rings is 1. The number of esters is 1. The fourth-order valence-corrected chi connectivity index (χ4v) is 10.6. The fraction of sp³-hybridized carbons (Fsp3) is 0.537. The summed E-state index contributed by atoms with van der Waals surface area (Å²) < 4.78 is 14.4. The molecule has 5 fully saturated rings. The van der Waals surface area contributed by atoms with E-state index >= 15 is 0 Å². The van der Waals surface area contributed by atoms with Crippen LogP contribution in [0.15, 0.2) is 53.7 Å². The van der Waals surface area contributed by atoms with Crippen LogP contribution < -0.4 is 10.5 Å². The number of carboxylic acids is 1. The number of quaternary nitrogens is 2. The number of hydrogen-bond donors (Lipinski definition) is 3. The normalized spacial score (nSPS) is 31.1. The highest BCUT2D eigenvalue weighted by atomic mass is 16.5. The molecule has 7 aliphatic rings. The maximum Gasteiger partial charge on any atom is 0.352 e. The zero-order chi connectivity index (χ0) is 36.4. The minimum Gasteiger partial charge on any atom is -0.485 e. The van der Waals surface area contributed by atoms with Crippen molar-refractivity contribution in [1.29, 1.82) is 0 Å². The lowest BCUT2D eigenvalue weighted by molar-refractivity contribution is -1.08. The van der Waals surface area contributed by atoms with Crippen LogP contribution in [0, 0.1) is 11.8 Å². The van der Waals surface area contributed by atoms with Crippen molar-refractivity contribution < 1.29 is 43.0 Å². The van der Waals surface area contributed by atoms with Crippen molar-refractivity contribution in [1.82, 2.24) is 4.90 Å². The molecule has 0 radical (unpaired) electrons. The number of aliphatic hydroxyl groups excluding tert-OH is 1. The lowest BCUT2D eigenvalue weighted by Gasteiger charge is -2.55. The van der Waals surface area contributed by atoms with Gasteiger partial charge in [-0.15, -0.1) is 0 Å². The van der Waals surface area contributed by atoms with E-state index in [2.05, 4.69) is 18.2 Å². The summed E-state index contributed by atoms with van der Waals surface area (Å²) in [4.78, 5) is 39.8. The van der Waals surface area contributed by atoms with Gasteiger partial charge < -0.3 is 39.3 Å². The Morgan fingerprint density at radius 1 is 1.00 bits per heavy atom. The molecule has 11 heteroatoms. The van der Waals surface area contributed by atoms with Crippen LogP contribution in [0.1, 0.15) is 55.7 Å². The molecular weight excluding hydrogens is 660 g/mol. The first-order valence-corrected chi connectivity index (χ1v) is 19.2. The third-order valence-electron chi connectivity index (χ3n) is 13.3. The van der Waals surface area contributed by atoms with Gasteiger partial charge in [0, 0.05) is 36.0 Å². The summed E-state index contributed by atoms with van der Waals surface area (Å²) in [6.07, 6.45) is 5.48. The number of benzene rings is 2. The molecule has 5 atom stereocenters. The Labute approximate surface area is 305 Å². The van der Waals surface area contributed by atoms with E-state index in [0.29, 0.717) is 17.7 Å². The molecule has 2 aliphatic carbocycles. The van der Waals surface area contributed by atoms with Crippen molar-refractivity contribution in [3.8, 4) is 16.9 Å². The summed E-state index contributed by atoms with van der Waals surface area (Å²) in [7, 11) is 1.38. The Hall–Kier alpha value is -4.03. The number of carbonyl (C=O) groups is 3. The standard InChI is InChI=1S/C41H51N4O7/c1-25(46)35-38-29-9-4-11-33(37(29)39(41(49)50)43(38)40(35)48)52-32-10-3-8-27-31(24-34(47)51-2)30-23-26(12-13-28(30)36(27)32)7-5-15-44-17-20-45(21-18-44,22-19-44)16-6-14-42/h3,8,10,12-13,23-25,29,33,35,38,46H,4-7,9,11,14-22,42H2,1-2H3/q+1/p+1. The number of piperazine rings is 3. The second kappa shape index (κ2) is 13.4. The van der Waals surface area contributed by atoms with Crippen LogP contribution in [-0.4, -0.2) is 126 Å². The van der Waals surface area contributed by atoms with E-state index in [1.807, 2.05) is 18.2 Å². The Morgan fingerprint density at radius 3 is 2.37 bits per heavy atom. The van der Waals surface area contributed by atoms with Crippen molar-refractivity contribution in [2.75, 3.05) is 66.0 Å². The first-order valence-electron chi connectivity index (χ1n) is 19.2. The van der Waals surface area contributed by atoms with E-state index in [1.165, 1.54) is 78.9 Å². The molecule has 276 valence electrons. The highest BCUT2D eigenvalue weighted by Gasteiger charge is 2.62. The SMILES string of the molecule is COC(=O)C=C1c2cc(CCC[N+]34CC[N+](CCCN)(CC3)CC4)ccc2-c2c(OC3CCCC4C3=C(C(=O)O)N3C(=O)C(C(C)O)C43)cccc21. The largest absolute Gasteiger partial charge is 0.485 e. The Bertz CT molecular complexity index is 1840. The number of ether oxygens (including phenoxy) is 2. The highest BCUT2D eigenvalue weighted by Crippen LogP contribution is 2.54. The van der Waals surface area contributed by atoms with E-state index in [4.69, 9.17) is 15.2 Å². The number of aryl methyl sites for hydroxylation is 1. The molecule has 1 saturated carbocycles. The van der Waals surface area contributed by atoms with Gasteiger partial charge in [-0.05, 0) is 73.0 Å². The minimum atomic E-state index is -1.14. The molecule has 9 rings (SSSR count). The van der Waals surface area contributed by atoms with Crippen LogP contribution in [0.25, 0.3) is 16.7 Å². The summed E-state index contributed by atoms with van der Waals surface area (Å²) in [6.45, 7) is 12.3. The molecule has 5 unspecified atom stereocenters. The number of aliphatic hydroxyl groups is 1. The summed E-state index contributed by atoms with van der Waals surface area (Å²) in [5, 5.41) is 20.7.